The van der Waals surface area contributed by atoms with Gasteiger partial charge in [0.25, 0.3) is 0 Å². The summed E-state index contributed by atoms with van der Waals surface area (Å²) in [7, 11) is 0. The van der Waals surface area contributed by atoms with Gasteiger partial charge in [-0.3, -0.25) is 9.59 Å². The number of aliphatic hydroxyl groups excluding tert-OH is 1. The fourth-order valence-electron chi connectivity index (χ4n) is 1.47. The zero-order valence-electron chi connectivity index (χ0n) is 9.08. The SMILES string of the molecule is CC(=O)O[C@H]1[C@H](OC(C)=O)COC(O)[C@@H]1N. The number of aliphatic hydroxyl groups is 1. The van der Waals surface area contributed by atoms with Gasteiger partial charge in [0.05, 0.1) is 12.6 Å². The van der Waals surface area contributed by atoms with Gasteiger partial charge in [-0.15, -0.1) is 0 Å². The van der Waals surface area contributed by atoms with Crippen LogP contribution in [0.3, 0.4) is 0 Å². The Hall–Kier alpha value is -1.18. The third kappa shape index (κ3) is 3.16. The first-order chi connectivity index (χ1) is 7.41. The van der Waals surface area contributed by atoms with Crippen molar-refractivity contribution in [3.05, 3.63) is 0 Å². The van der Waals surface area contributed by atoms with Crippen molar-refractivity contribution in [2.75, 3.05) is 6.61 Å². The van der Waals surface area contributed by atoms with E-state index in [2.05, 4.69) is 0 Å². The maximum Gasteiger partial charge on any atom is 0.303 e. The maximum absolute atomic E-state index is 10.9. The van der Waals surface area contributed by atoms with Crippen molar-refractivity contribution in [1.82, 2.24) is 0 Å². The molecule has 0 aliphatic carbocycles. The minimum Gasteiger partial charge on any atom is -0.457 e. The van der Waals surface area contributed by atoms with E-state index in [4.69, 9.17) is 19.9 Å². The lowest BCUT2D eigenvalue weighted by Crippen LogP contribution is -2.59. The lowest BCUT2D eigenvalue weighted by Gasteiger charge is -2.37. The Bertz CT molecular complexity index is 281. The van der Waals surface area contributed by atoms with Gasteiger partial charge in [-0.05, 0) is 0 Å². The second kappa shape index (κ2) is 5.24. The molecular formula is C9H15NO6. The van der Waals surface area contributed by atoms with Crippen LogP contribution >= 0.6 is 0 Å². The van der Waals surface area contributed by atoms with Crippen LogP contribution in [0.5, 0.6) is 0 Å². The monoisotopic (exact) mass is 233 g/mol. The van der Waals surface area contributed by atoms with Crippen LogP contribution in [0.1, 0.15) is 13.8 Å². The molecule has 1 rings (SSSR count). The molecule has 0 saturated carbocycles. The quantitative estimate of drug-likeness (QED) is 0.560. The van der Waals surface area contributed by atoms with Crippen LogP contribution in [0.25, 0.3) is 0 Å². The van der Waals surface area contributed by atoms with Gasteiger partial charge < -0.3 is 25.1 Å². The number of nitrogens with two attached hydrogens (primary N) is 1. The number of rotatable bonds is 2. The fraction of sp³-hybridized carbons (Fsp3) is 0.778. The Morgan fingerprint density at radius 1 is 1.31 bits per heavy atom. The van der Waals surface area contributed by atoms with E-state index in [0.717, 1.165) is 0 Å². The summed E-state index contributed by atoms with van der Waals surface area (Å²) in [6.45, 7) is 2.37. The fourth-order valence-corrected chi connectivity index (χ4v) is 1.47. The zero-order chi connectivity index (χ0) is 12.3. The van der Waals surface area contributed by atoms with Crippen molar-refractivity contribution >= 4 is 11.9 Å². The molecule has 0 spiro atoms. The highest BCUT2D eigenvalue weighted by molar-refractivity contribution is 5.67. The van der Waals surface area contributed by atoms with E-state index < -0.39 is 36.5 Å². The molecule has 0 amide bonds. The summed E-state index contributed by atoms with van der Waals surface area (Å²) in [6.07, 6.45) is -2.93. The molecule has 1 saturated heterocycles. The average Bonchev–Trinajstić information content (AvgIpc) is 2.16. The van der Waals surface area contributed by atoms with Crippen LogP contribution in [-0.2, 0) is 23.8 Å². The molecule has 1 aliphatic heterocycles. The lowest BCUT2D eigenvalue weighted by atomic mass is 10.0. The van der Waals surface area contributed by atoms with E-state index in [1.165, 1.54) is 13.8 Å². The van der Waals surface area contributed by atoms with Crippen LogP contribution in [0.15, 0.2) is 0 Å². The number of carbonyl (C=O) groups excluding carboxylic acids is 2. The number of hydrogen-bond acceptors (Lipinski definition) is 7. The summed E-state index contributed by atoms with van der Waals surface area (Å²) < 4.78 is 14.7. The first-order valence-corrected chi connectivity index (χ1v) is 4.81. The van der Waals surface area contributed by atoms with Gasteiger partial charge in [0.15, 0.2) is 18.5 Å². The van der Waals surface area contributed by atoms with Gasteiger partial charge in [0, 0.05) is 13.8 Å². The molecule has 7 nitrogen and oxygen atoms in total. The van der Waals surface area contributed by atoms with Crippen molar-refractivity contribution in [3.8, 4) is 0 Å². The summed E-state index contributed by atoms with van der Waals surface area (Å²) in [4.78, 5) is 21.7. The first kappa shape index (κ1) is 12.9. The molecule has 0 bridgehead atoms. The molecule has 0 aromatic carbocycles. The largest absolute Gasteiger partial charge is 0.457 e. The minimum absolute atomic E-state index is 0.0631. The van der Waals surface area contributed by atoms with Crippen molar-refractivity contribution in [2.45, 2.75) is 38.4 Å². The standard InChI is InChI=1S/C9H15NO6/c1-4(11)15-6-3-14-9(13)7(10)8(6)16-5(2)12/h6-9,13H,3,10H2,1-2H3/t6-,7-,8+,9?/m1/s1. The van der Waals surface area contributed by atoms with Crippen LogP contribution in [0.2, 0.25) is 0 Å². The molecule has 0 aromatic rings. The second-order valence-electron chi connectivity index (χ2n) is 3.52. The van der Waals surface area contributed by atoms with E-state index in [1.54, 1.807) is 0 Å². The Morgan fingerprint density at radius 2 is 1.88 bits per heavy atom. The number of ether oxygens (including phenoxy) is 3. The highest BCUT2D eigenvalue weighted by Gasteiger charge is 2.41. The normalized spacial score (nSPS) is 34.2. The molecule has 16 heavy (non-hydrogen) atoms. The highest BCUT2D eigenvalue weighted by Crippen LogP contribution is 2.18. The van der Waals surface area contributed by atoms with E-state index in [1.807, 2.05) is 0 Å². The van der Waals surface area contributed by atoms with Crippen LogP contribution in [-0.4, -0.2) is 48.2 Å². The predicted molar refractivity (Wildman–Crippen MR) is 51.0 cm³/mol. The summed E-state index contributed by atoms with van der Waals surface area (Å²) in [6, 6.07) is -0.943. The Kier molecular flexibility index (Phi) is 4.22. The van der Waals surface area contributed by atoms with E-state index in [-0.39, 0.29) is 6.61 Å². The molecule has 7 heteroatoms. The first-order valence-electron chi connectivity index (χ1n) is 4.81. The molecule has 1 unspecified atom stereocenters. The molecule has 0 radical (unpaired) electrons. The van der Waals surface area contributed by atoms with Gasteiger partial charge in [-0.2, -0.15) is 0 Å². The van der Waals surface area contributed by atoms with Gasteiger partial charge in [-0.25, -0.2) is 0 Å². The van der Waals surface area contributed by atoms with E-state index >= 15 is 0 Å². The Labute approximate surface area is 92.5 Å². The number of esters is 2. The smallest absolute Gasteiger partial charge is 0.303 e. The van der Waals surface area contributed by atoms with Crippen molar-refractivity contribution in [3.63, 3.8) is 0 Å². The summed E-state index contributed by atoms with van der Waals surface area (Å²) in [5.41, 5.74) is 5.59. The van der Waals surface area contributed by atoms with Crippen molar-refractivity contribution < 1.29 is 28.9 Å². The lowest BCUT2D eigenvalue weighted by molar-refractivity contribution is -0.224. The molecule has 4 atom stereocenters. The number of hydrogen-bond donors (Lipinski definition) is 2. The molecule has 1 aliphatic rings. The summed E-state index contributed by atoms with van der Waals surface area (Å²) in [5.74, 6) is -1.10. The Morgan fingerprint density at radius 3 is 2.38 bits per heavy atom. The molecule has 1 heterocycles. The van der Waals surface area contributed by atoms with Gasteiger partial charge in [-0.1, -0.05) is 0 Å². The summed E-state index contributed by atoms with van der Waals surface area (Å²) >= 11 is 0. The van der Waals surface area contributed by atoms with Crippen molar-refractivity contribution in [2.24, 2.45) is 5.73 Å². The van der Waals surface area contributed by atoms with Gasteiger partial charge >= 0.3 is 11.9 Å². The third-order valence-electron chi connectivity index (χ3n) is 2.13. The second-order valence-corrected chi connectivity index (χ2v) is 3.52. The molecule has 1 fully saturated rings. The predicted octanol–water partition coefficient (Wildman–Crippen LogP) is -1.47. The molecule has 3 N–H and O–H groups in total. The van der Waals surface area contributed by atoms with Crippen molar-refractivity contribution in [1.29, 1.82) is 0 Å². The van der Waals surface area contributed by atoms with Crippen LogP contribution in [0.4, 0.5) is 0 Å². The van der Waals surface area contributed by atoms with E-state index in [9.17, 15) is 14.7 Å². The molecule has 92 valence electrons. The average molecular weight is 233 g/mol. The summed E-state index contributed by atoms with van der Waals surface area (Å²) in [5, 5.41) is 9.33. The highest BCUT2D eigenvalue weighted by atomic mass is 16.6. The Balaban J connectivity index is 2.72. The van der Waals surface area contributed by atoms with E-state index in [0.29, 0.717) is 0 Å². The van der Waals surface area contributed by atoms with Gasteiger partial charge in [0.2, 0.25) is 0 Å². The zero-order valence-corrected chi connectivity index (χ0v) is 9.08. The maximum atomic E-state index is 10.9. The van der Waals surface area contributed by atoms with Crippen LogP contribution < -0.4 is 5.73 Å². The molecule has 0 aromatic heterocycles. The molecular weight excluding hydrogens is 218 g/mol. The number of carbonyl (C=O) groups is 2. The third-order valence-corrected chi connectivity index (χ3v) is 2.13. The van der Waals surface area contributed by atoms with Gasteiger partial charge in [0.1, 0.15) is 0 Å². The minimum atomic E-state index is -1.24. The van der Waals surface area contributed by atoms with Crippen LogP contribution in [0, 0.1) is 0 Å². The topological polar surface area (TPSA) is 108 Å².